The minimum Gasteiger partial charge on any atom is -0.482 e. The van der Waals surface area contributed by atoms with Gasteiger partial charge in [0.25, 0.3) is 5.91 Å². The van der Waals surface area contributed by atoms with Gasteiger partial charge >= 0.3 is 5.97 Å². The van der Waals surface area contributed by atoms with Crippen molar-refractivity contribution in [3.8, 4) is 5.75 Å². The quantitative estimate of drug-likeness (QED) is 0.759. The van der Waals surface area contributed by atoms with Gasteiger partial charge in [-0.2, -0.15) is 0 Å². The van der Waals surface area contributed by atoms with E-state index in [2.05, 4.69) is 5.32 Å². The van der Waals surface area contributed by atoms with Gasteiger partial charge in [-0.1, -0.05) is 34.1 Å². The summed E-state index contributed by atoms with van der Waals surface area (Å²) in [4.78, 5) is 23.9. The molecular weight excluding hydrogens is 290 g/mol. The van der Waals surface area contributed by atoms with Crippen LogP contribution in [0, 0.1) is 0 Å². The first kappa shape index (κ1) is 17.5. The van der Waals surface area contributed by atoms with Crippen LogP contribution < -0.4 is 10.1 Å². The molecule has 0 bridgehead atoms. The van der Waals surface area contributed by atoms with Crippen LogP contribution in [0.15, 0.2) is 6.07 Å². The van der Waals surface area contributed by atoms with Crippen LogP contribution in [0.1, 0.15) is 55.1 Å². The second-order valence-electron chi connectivity index (χ2n) is 5.85. The molecule has 0 aliphatic carbocycles. The topological polar surface area (TPSA) is 75.6 Å². The minimum atomic E-state index is -1.03. The first-order valence-electron chi connectivity index (χ1n) is 7.02. The molecule has 0 saturated heterocycles. The number of amides is 1. The highest BCUT2D eigenvalue weighted by Crippen LogP contribution is 2.36. The molecule has 0 atom stereocenters. The number of carboxylic acids is 1. The molecule has 6 heteroatoms. The maximum atomic E-state index is 11.6. The summed E-state index contributed by atoms with van der Waals surface area (Å²) in [5.74, 6) is -0.997. The molecule has 1 aromatic rings. The third-order valence-corrected chi connectivity index (χ3v) is 4.37. The smallest absolute Gasteiger partial charge is 0.349 e. The molecule has 2 N–H and O–H groups in total. The Hall–Kier alpha value is -1.56. The summed E-state index contributed by atoms with van der Waals surface area (Å²) in [7, 11) is 0. The molecule has 1 amide bonds. The molecule has 0 aromatic carbocycles. The van der Waals surface area contributed by atoms with E-state index >= 15 is 0 Å². The molecule has 1 heterocycles. The zero-order chi connectivity index (χ0) is 16.0. The van der Waals surface area contributed by atoms with E-state index in [4.69, 9.17) is 4.74 Å². The molecule has 0 aliphatic heterocycles. The molecule has 21 heavy (non-hydrogen) atoms. The van der Waals surface area contributed by atoms with Crippen molar-refractivity contribution in [3.05, 3.63) is 15.8 Å². The van der Waals surface area contributed by atoms with Gasteiger partial charge in [-0.15, -0.1) is 11.3 Å². The summed E-state index contributed by atoms with van der Waals surface area (Å²) in [6.45, 7) is 8.51. The third kappa shape index (κ3) is 5.38. The molecule has 0 unspecified atom stereocenters. The molecule has 5 nitrogen and oxygen atoms in total. The van der Waals surface area contributed by atoms with E-state index in [1.807, 2.05) is 27.7 Å². The molecule has 1 rings (SSSR count). The van der Waals surface area contributed by atoms with E-state index < -0.39 is 5.97 Å². The van der Waals surface area contributed by atoms with Crippen LogP contribution in [0.5, 0.6) is 5.75 Å². The maximum Gasteiger partial charge on any atom is 0.349 e. The lowest BCUT2D eigenvalue weighted by molar-refractivity contribution is -0.123. The van der Waals surface area contributed by atoms with Crippen molar-refractivity contribution in [2.45, 2.75) is 46.0 Å². The van der Waals surface area contributed by atoms with Gasteiger partial charge in [-0.3, -0.25) is 4.79 Å². The van der Waals surface area contributed by atoms with Crippen LogP contribution in [-0.4, -0.2) is 30.1 Å². The van der Waals surface area contributed by atoms with E-state index in [9.17, 15) is 14.7 Å². The van der Waals surface area contributed by atoms with E-state index in [1.165, 1.54) is 11.3 Å². The Balaban J connectivity index is 2.71. The number of hydrogen-bond donors (Lipinski definition) is 2. The van der Waals surface area contributed by atoms with Crippen molar-refractivity contribution >= 4 is 23.2 Å². The number of ether oxygens (including phenoxy) is 1. The number of unbranched alkanes of at least 4 members (excludes halogenated alkanes) is 1. The Bertz CT molecular complexity index is 502. The van der Waals surface area contributed by atoms with E-state index in [-0.39, 0.29) is 28.6 Å². The van der Waals surface area contributed by atoms with Crippen molar-refractivity contribution in [1.29, 1.82) is 0 Å². The number of hydrogen-bond acceptors (Lipinski definition) is 4. The highest BCUT2D eigenvalue weighted by Gasteiger charge is 2.24. The van der Waals surface area contributed by atoms with Crippen LogP contribution in [0.3, 0.4) is 0 Å². The second-order valence-corrected chi connectivity index (χ2v) is 6.90. The standard InChI is InChI=1S/C15H23NO4S/c1-5-6-7-16-12(17)9-20-10-8-11(15(2,3)4)21-13(10)14(18)19/h8H,5-7,9H2,1-4H3,(H,16,17)(H,18,19). The van der Waals surface area contributed by atoms with Crippen LogP contribution >= 0.6 is 11.3 Å². The zero-order valence-corrected chi connectivity index (χ0v) is 13.8. The van der Waals surface area contributed by atoms with Gasteiger partial charge in [0.05, 0.1) is 0 Å². The summed E-state index contributed by atoms with van der Waals surface area (Å²) in [6, 6.07) is 1.72. The number of carbonyl (C=O) groups is 2. The molecule has 118 valence electrons. The first-order chi connectivity index (χ1) is 9.75. The number of aromatic carboxylic acids is 1. The minimum absolute atomic E-state index is 0.140. The highest BCUT2D eigenvalue weighted by atomic mass is 32.1. The maximum absolute atomic E-state index is 11.6. The molecule has 0 aliphatic rings. The van der Waals surface area contributed by atoms with E-state index in [0.717, 1.165) is 17.7 Å². The van der Waals surface area contributed by atoms with Gasteiger partial charge in [-0.05, 0) is 17.9 Å². The normalized spacial score (nSPS) is 11.2. The SMILES string of the molecule is CCCCNC(=O)COc1cc(C(C)(C)C)sc1C(=O)O. The lowest BCUT2D eigenvalue weighted by Gasteiger charge is -2.14. The van der Waals surface area contributed by atoms with Gasteiger partial charge in [0.1, 0.15) is 5.75 Å². The largest absolute Gasteiger partial charge is 0.482 e. The number of carboxylic acid groups (broad SMARTS) is 1. The van der Waals surface area contributed by atoms with Crippen LogP contribution in [0.25, 0.3) is 0 Å². The molecule has 0 spiro atoms. The number of thiophene rings is 1. The monoisotopic (exact) mass is 313 g/mol. The Morgan fingerprint density at radius 1 is 1.38 bits per heavy atom. The Labute approximate surface area is 129 Å². The van der Waals surface area contributed by atoms with Crippen molar-refractivity contribution < 1.29 is 19.4 Å². The molecular formula is C15H23NO4S. The Morgan fingerprint density at radius 3 is 2.57 bits per heavy atom. The van der Waals surface area contributed by atoms with E-state index in [1.54, 1.807) is 6.07 Å². The van der Waals surface area contributed by atoms with Gasteiger partial charge in [0.15, 0.2) is 11.5 Å². The van der Waals surface area contributed by atoms with Crippen molar-refractivity contribution in [1.82, 2.24) is 5.32 Å². The summed E-state index contributed by atoms with van der Waals surface area (Å²) < 4.78 is 5.38. The predicted octanol–water partition coefficient (Wildman–Crippen LogP) is 3.04. The third-order valence-electron chi connectivity index (χ3n) is 2.84. The molecule has 1 aromatic heterocycles. The summed E-state index contributed by atoms with van der Waals surface area (Å²) >= 11 is 1.19. The molecule has 0 fully saturated rings. The summed E-state index contributed by atoms with van der Waals surface area (Å²) in [5, 5.41) is 11.9. The van der Waals surface area contributed by atoms with Gasteiger partial charge < -0.3 is 15.2 Å². The molecule has 0 saturated carbocycles. The molecule has 0 radical (unpaired) electrons. The summed E-state index contributed by atoms with van der Waals surface area (Å²) in [6.07, 6.45) is 1.92. The average molecular weight is 313 g/mol. The number of nitrogens with one attached hydrogen (secondary N) is 1. The van der Waals surface area contributed by atoms with Crippen LogP contribution in [-0.2, 0) is 10.2 Å². The van der Waals surface area contributed by atoms with Crippen LogP contribution in [0.2, 0.25) is 0 Å². The van der Waals surface area contributed by atoms with Gasteiger partial charge in [0, 0.05) is 11.4 Å². The lowest BCUT2D eigenvalue weighted by Crippen LogP contribution is -2.29. The van der Waals surface area contributed by atoms with Gasteiger partial charge in [0.2, 0.25) is 0 Å². The fourth-order valence-electron chi connectivity index (χ4n) is 1.60. The number of carbonyl (C=O) groups excluding carboxylic acids is 1. The number of rotatable bonds is 7. The van der Waals surface area contributed by atoms with E-state index in [0.29, 0.717) is 6.54 Å². The summed E-state index contributed by atoms with van der Waals surface area (Å²) in [5.41, 5.74) is -0.153. The van der Waals surface area contributed by atoms with Crippen LogP contribution in [0.4, 0.5) is 0 Å². The van der Waals surface area contributed by atoms with Crippen molar-refractivity contribution in [3.63, 3.8) is 0 Å². The fourth-order valence-corrected chi connectivity index (χ4v) is 2.60. The zero-order valence-electron chi connectivity index (χ0n) is 13.0. The Kier molecular flexibility index (Phi) is 6.20. The Morgan fingerprint density at radius 2 is 2.05 bits per heavy atom. The lowest BCUT2D eigenvalue weighted by atomic mass is 9.95. The fraction of sp³-hybridized carbons (Fsp3) is 0.600. The predicted molar refractivity (Wildman–Crippen MR) is 83.4 cm³/mol. The van der Waals surface area contributed by atoms with Gasteiger partial charge in [-0.25, -0.2) is 4.79 Å². The second kappa shape index (κ2) is 7.45. The highest BCUT2D eigenvalue weighted by molar-refractivity contribution is 7.14. The van der Waals surface area contributed by atoms with Crippen molar-refractivity contribution in [2.24, 2.45) is 0 Å². The average Bonchev–Trinajstić information content (AvgIpc) is 2.81. The van der Waals surface area contributed by atoms with Crippen molar-refractivity contribution in [2.75, 3.05) is 13.2 Å². The first-order valence-corrected chi connectivity index (χ1v) is 7.84.